The van der Waals surface area contributed by atoms with E-state index in [4.69, 9.17) is 0 Å². The number of anilines is 2. The van der Waals surface area contributed by atoms with Gasteiger partial charge in [0.25, 0.3) is 14.4 Å². The molecule has 0 saturated heterocycles. The van der Waals surface area contributed by atoms with Crippen LogP contribution in [0.15, 0.2) is 33.5 Å². The topological polar surface area (TPSA) is 101 Å². The zero-order chi connectivity index (χ0) is 15.5. The Kier molecular flexibility index (Phi) is 4.80. The van der Waals surface area contributed by atoms with Crippen LogP contribution < -0.4 is 10.0 Å². The molecule has 7 nitrogen and oxygen atoms in total. The number of carbonyl (C=O) groups is 1. The number of para-hydroxylation sites is 1. The number of benzene rings is 1. The lowest BCUT2D eigenvalue weighted by atomic mass is 10.3. The molecule has 0 bridgehead atoms. The van der Waals surface area contributed by atoms with Gasteiger partial charge in [0.2, 0.25) is 11.0 Å². The van der Waals surface area contributed by atoms with Crippen LogP contribution in [0.1, 0.15) is 6.92 Å². The van der Waals surface area contributed by atoms with E-state index < -0.39 is 10.0 Å². The molecule has 21 heavy (non-hydrogen) atoms. The maximum absolute atomic E-state index is 12.2. The Hall–Kier alpha value is -1.65. The van der Waals surface area contributed by atoms with Crippen LogP contribution in [0.25, 0.3) is 0 Å². The Labute approximate surface area is 130 Å². The number of amides is 1. The molecule has 2 aromatic rings. The molecule has 0 spiro atoms. The molecule has 1 aromatic carbocycles. The highest BCUT2D eigenvalue weighted by Crippen LogP contribution is 2.28. The summed E-state index contributed by atoms with van der Waals surface area (Å²) in [4.78, 5) is 11.7. The first-order valence-electron chi connectivity index (χ1n) is 5.69. The van der Waals surface area contributed by atoms with Crippen molar-refractivity contribution >= 4 is 49.8 Å². The van der Waals surface area contributed by atoms with E-state index in [-0.39, 0.29) is 15.4 Å². The van der Waals surface area contributed by atoms with E-state index in [1.807, 2.05) is 18.4 Å². The lowest BCUT2D eigenvalue weighted by Crippen LogP contribution is -2.13. The average Bonchev–Trinajstić information content (AvgIpc) is 2.87. The molecule has 0 aliphatic rings. The van der Waals surface area contributed by atoms with E-state index in [2.05, 4.69) is 20.2 Å². The number of thioether (sulfide) groups is 1. The van der Waals surface area contributed by atoms with E-state index in [1.54, 1.807) is 12.1 Å². The molecule has 112 valence electrons. The summed E-state index contributed by atoms with van der Waals surface area (Å²) in [5.74, 6) is -0.337. The minimum atomic E-state index is -3.83. The first kappa shape index (κ1) is 15.7. The Balaban J connectivity index is 2.26. The number of hydrogen-bond donors (Lipinski definition) is 2. The normalized spacial score (nSPS) is 11.1. The van der Waals surface area contributed by atoms with Crippen molar-refractivity contribution in [1.29, 1.82) is 0 Å². The molecule has 0 radical (unpaired) electrons. The second-order valence-electron chi connectivity index (χ2n) is 3.86. The van der Waals surface area contributed by atoms with Crippen LogP contribution >= 0.6 is 23.1 Å². The standard InChI is InChI=1S/C11H12N4O3S3/c1-7(16)12-10-13-14-11(20-10)21(17,18)15-8-5-3-4-6-9(8)19-2/h3-6,15H,1-2H3,(H,12,13,16). The third-order valence-corrected chi connectivity index (χ3v) is 5.64. The maximum atomic E-state index is 12.2. The quantitative estimate of drug-likeness (QED) is 0.636. The highest BCUT2D eigenvalue weighted by atomic mass is 32.2. The van der Waals surface area contributed by atoms with Gasteiger partial charge in [-0.15, -0.1) is 22.0 Å². The van der Waals surface area contributed by atoms with Gasteiger partial charge in [-0.1, -0.05) is 23.5 Å². The van der Waals surface area contributed by atoms with Crippen molar-refractivity contribution < 1.29 is 13.2 Å². The van der Waals surface area contributed by atoms with Crippen molar-refractivity contribution in [1.82, 2.24) is 10.2 Å². The van der Waals surface area contributed by atoms with Crippen LogP contribution in [-0.2, 0) is 14.8 Å². The summed E-state index contributed by atoms with van der Waals surface area (Å²) < 4.78 is 26.7. The summed E-state index contributed by atoms with van der Waals surface area (Å²) >= 11 is 2.22. The summed E-state index contributed by atoms with van der Waals surface area (Å²) in [6.45, 7) is 1.31. The lowest BCUT2D eigenvalue weighted by molar-refractivity contribution is -0.114. The van der Waals surface area contributed by atoms with Crippen molar-refractivity contribution in [2.45, 2.75) is 16.2 Å². The number of aromatic nitrogens is 2. The van der Waals surface area contributed by atoms with Crippen LogP contribution in [0.3, 0.4) is 0 Å². The average molecular weight is 344 g/mol. The van der Waals surface area contributed by atoms with Crippen molar-refractivity contribution in [3.05, 3.63) is 24.3 Å². The van der Waals surface area contributed by atoms with Gasteiger partial charge in [-0.25, -0.2) is 0 Å². The van der Waals surface area contributed by atoms with Crippen molar-refractivity contribution in [2.75, 3.05) is 16.3 Å². The van der Waals surface area contributed by atoms with E-state index in [9.17, 15) is 13.2 Å². The highest BCUT2D eigenvalue weighted by Gasteiger charge is 2.21. The highest BCUT2D eigenvalue weighted by molar-refractivity contribution is 7.99. The smallest absolute Gasteiger partial charge is 0.291 e. The van der Waals surface area contributed by atoms with Crippen LogP contribution in [0.5, 0.6) is 0 Å². The van der Waals surface area contributed by atoms with Crippen LogP contribution in [0, 0.1) is 0 Å². The largest absolute Gasteiger partial charge is 0.301 e. The fraction of sp³-hybridized carbons (Fsp3) is 0.182. The number of rotatable bonds is 5. The van der Waals surface area contributed by atoms with Gasteiger partial charge in [0.15, 0.2) is 0 Å². The van der Waals surface area contributed by atoms with Crippen molar-refractivity contribution in [3.8, 4) is 0 Å². The van der Waals surface area contributed by atoms with Crippen LogP contribution in [-0.4, -0.2) is 30.8 Å². The zero-order valence-electron chi connectivity index (χ0n) is 11.2. The molecule has 0 aliphatic carbocycles. The molecule has 0 fully saturated rings. The molecule has 0 saturated carbocycles. The second-order valence-corrected chi connectivity index (χ2v) is 7.54. The van der Waals surface area contributed by atoms with Gasteiger partial charge in [-0.2, -0.15) is 8.42 Å². The summed E-state index contributed by atoms with van der Waals surface area (Å²) in [7, 11) is -3.83. The summed E-state index contributed by atoms with van der Waals surface area (Å²) in [6.07, 6.45) is 1.85. The SMILES string of the molecule is CSc1ccccc1NS(=O)(=O)c1nnc(NC(C)=O)s1. The van der Waals surface area contributed by atoms with Gasteiger partial charge in [-0.3, -0.25) is 9.52 Å². The van der Waals surface area contributed by atoms with Gasteiger partial charge in [0.1, 0.15) is 0 Å². The molecule has 1 amide bonds. The number of sulfonamides is 1. The van der Waals surface area contributed by atoms with Gasteiger partial charge in [0, 0.05) is 11.8 Å². The summed E-state index contributed by atoms with van der Waals surface area (Å²) in [6, 6.07) is 7.04. The number of carbonyl (C=O) groups excluding carboxylic acids is 1. The van der Waals surface area contributed by atoms with Crippen LogP contribution in [0.4, 0.5) is 10.8 Å². The van der Waals surface area contributed by atoms with E-state index >= 15 is 0 Å². The monoisotopic (exact) mass is 344 g/mol. The number of nitrogens with one attached hydrogen (secondary N) is 2. The molecular weight excluding hydrogens is 332 g/mol. The fourth-order valence-electron chi connectivity index (χ4n) is 1.44. The Morgan fingerprint density at radius 3 is 2.67 bits per heavy atom. The molecule has 0 aliphatic heterocycles. The number of hydrogen-bond acceptors (Lipinski definition) is 7. The number of nitrogens with zero attached hydrogens (tertiary/aromatic N) is 2. The van der Waals surface area contributed by atoms with Crippen molar-refractivity contribution in [3.63, 3.8) is 0 Å². The predicted octanol–water partition coefficient (Wildman–Crippen LogP) is 2.02. The second kappa shape index (κ2) is 6.41. The Bertz CT molecular complexity index is 758. The van der Waals surface area contributed by atoms with Gasteiger partial charge >= 0.3 is 0 Å². The summed E-state index contributed by atoms with van der Waals surface area (Å²) in [5.41, 5.74) is 0.473. The minimum Gasteiger partial charge on any atom is -0.301 e. The Morgan fingerprint density at radius 1 is 1.29 bits per heavy atom. The van der Waals surface area contributed by atoms with Gasteiger partial charge in [-0.05, 0) is 18.4 Å². The van der Waals surface area contributed by atoms with Gasteiger partial charge < -0.3 is 5.32 Å². The first-order valence-corrected chi connectivity index (χ1v) is 9.22. The molecular formula is C11H12N4O3S3. The van der Waals surface area contributed by atoms with Crippen molar-refractivity contribution in [2.24, 2.45) is 0 Å². The third-order valence-electron chi connectivity index (χ3n) is 2.27. The molecule has 2 rings (SSSR count). The van der Waals surface area contributed by atoms with E-state index in [1.165, 1.54) is 18.7 Å². The zero-order valence-corrected chi connectivity index (χ0v) is 13.6. The van der Waals surface area contributed by atoms with Crippen LogP contribution in [0.2, 0.25) is 0 Å². The molecule has 10 heteroatoms. The third kappa shape index (κ3) is 3.93. The molecule has 2 N–H and O–H groups in total. The molecule has 1 heterocycles. The first-order chi connectivity index (χ1) is 9.92. The lowest BCUT2D eigenvalue weighted by Gasteiger charge is -2.08. The van der Waals surface area contributed by atoms with Gasteiger partial charge in [0.05, 0.1) is 5.69 Å². The molecule has 1 aromatic heterocycles. The molecule has 0 unspecified atom stereocenters. The predicted molar refractivity (Wildman–Crippen MR) is 83.2 cm³/mol. The summed E-state index contributed by atoms with van der Waals surface area (Å²) in [5, 5.41) is 9.74. The minimum absolute atomic E-state index is 0.140. The van der Waals surface area contributed by atoms with E-state index in [0.29, 0.717) is 5.69 Å². The molecule has 0 atom stereocenters. The van der Waals surface area contributed by atoms with E-state index in [0.717, 1.165) is 16.2 Å². The maximum Gasteiger partial charge on any atom is 0.291 e. The fourth-order valence-corrected chi connectivity index (χ4v) is 4.08. The Morgan fingerprint density at radius 2 is 2.00 bits per heavy atom.